The molecular formula is C23H23FN2O3. The van der Waals surface area contributed by atoms with Crippen molar-refractivity contribution in [2.45, 2.75) is 6.04 Å². The van der Waals surface area contributed by atoms with Gasteiger partial charge in [0.1, 0.15) is 17.3 Å². The molecule has 0 saturated heterocycles. The highest BCUT2D eigenvalue weighted by atomic mass is 19.1. The van der Waals surface area contributed by atoms with Gasteiger partial charge in [0.05, 0.1) is 32.5 Å². The first-order valence-corrected chi connectivity index (χ1v) is 9.16. The quantitative estimate of drug-likeness (QED) is 0.602. The van der Waals surface area contributed by atoms with Crippen molar-refractivity contribution in [2.75, 3.05) is 26.1 Å². The third-order valence-electron chi connectivity index (χ3n) is 4.50. The zero-order valence-corrected chi connectivity index (χ0v) is 16.3. The molecule has 0 aliphatic rings. The van der Waals surface area contributed by atoms with Gasteiger partial charge in [-0.25, -0.2) is 4.39 Å². The summed E-state index contributed by atoms with van der Waals surface area (Å²) in [6.07, 6.45) is 0. The Morgan fingerprint density at radius 3 is 2.14 bits per heavy atom. The fourth-order valence-electron chi connectivity index (χ4n) is 3.02. The molecule has 5 nitrogen and oxygen atoms in total. The normalized spacial score (nSPS) is 11.6. The van der Waals surface area contributed by atoms with Gasteiger partial charge in [-0.05, 0) is 47.5 Å². The van der Waals surface area contributed by atoms with Crippen LogP contribution >= 0.6 is 0 Å². The minimum Gasteiger partial charge on any atom is -0.497 e. The van der Waals surface area contributed by atoms with Gasteiger partial charge in [-0.1, -0.05) is 36.4 Å². The van der Waals surface area contributed by atoms with E-state index in [1.54, 1.807) is 38.5 Å². The molecule has 0 fully saturated rings. The van der Waals surface area contributed by atoms with Gasteiger partial charge in [0.25, 0.3) is 0 Å². The van der Waals surface area contributed by atoms with Crippen molar-refractivity contribution in [2.24, 2.45) is 0 Å². The van der Waals surface area contributed by atoms with E-state index < -0.39 is 0 Å². The number of carbonyl (C=O) groups is 1. The van der Waals surface area contributed by atoms with Gasteiger partial charge in [0.15, 0.2) is 0 Å². The molecule has 3 rings (SSSR count). The van der Waals surface area contributed by atoms with Crippen molar-refractivity contribution in [1.82, 2.24) is 5.32 Å². The second-order valence-corrected chi connectivity index (χ2v) is 6.39. The number of anilines is 1. The average Bonchev–Trinajstić information content (AvgIpc) is 2.76. The number of carbonyl (C=O) groups excluding carboxylic acids is 1. The molecule has 0 saturated carbocycles. The molecule has 0 heterocycles. The number of hydrogen-bond acceptors (Lipinski definition) is 4. The number of halogens is 1. The van der Waals surface area contributed by atoms with E-state index in [-0.39, 0.29) is 24.3 Å². The average molecular weight is 394 g/mol. The predicted molar refractivity (Wildman–Crippen MR) is 111 cm³/mol. The van der Waals surface area contributed by atoms with E-state index in [1.165, 1.54) is 12.1 Å². The molecule has 1 atom stereocenters. The van der Waals surface area contributed by atoms with Crippen LogP contribution in [-0.4, -0.2) is 26.7 Å². The molecule has 3 aromatic rings. The lowest BCUT2D eigenvalue weighted by Crippen LogP contribution is -2.32. The van der Waals surface area contributed by atoms with Crippen molar-refractivity contribution in [1.29, 1.82) is 0 Å². The predicted octanol–water partition coefficient (Wildman–Crippen LogP) is 4.16. The van der Waals surface area contributed by atoms with Gasteiger partial charge < -0.3 is 14.8 Å². The summed E-state index contributed by atoms with van der Waals surface area (Å²) in [5.41, 5.74) is 2.38. The number of benzene rings is 3. The van der Waals surface area contributed by atoms with E-state index in [0.717, 1.165) is 16.9 Å². The number of hydrogen-bond donors (Lipinski definition) is 2. The minimum atomic E-state index is -0.309. The number of ether oxygens (including phenoxy) is 2. The van der Waals surface area contributed by atoms with Crippen molar-refractivity contribution in [3.63, 3.8) is 0 Å². The number of methoxy groups -OCH3 is 2. The summed E-state index contributed by atoms with van der Waals surface area (Å²) < 4.78 is 23.8. The molecule has 2 N–H and O–H groups in total. The Morgan fingerprint density at radius 1 is 0.897 bits per heavy atom. The molecule has 0 aromatic heterocycles. The Labute approximate surface area is 169 Å². The molecule has 6 heteroatoms. The molecule has 0 aliphatic carbocycles. The van der Waals surface area contributed by atoms with Crippen LogP contribution in [0.15, 0.2) is 72.8 Å². The van der Waals surface area contributed by atoms with Crippen molar-refractivity contribution in [3.8, 4) is 11.5 Å². The first-order chi connectivity index (χ1) is 14.1. The van der Waals surface area contributed by atoms with Crippen molar-refractivity contribution < 1.29 is 18.7 Å². The Morgan fingerprint density at radius 2 is 1.52 bits per heavy atom. The lowest BCUT2D eigenvalue weighted by Gasteiger charge is -2.20. The van der Waals surface area contributed by atoms with E-state index in [4.69, 9.17) is 9.47 Å². The van der Waals surface area contributed by atoms with Gasteiger partial charge in [0.2, 0.25) is 5.91 Å². The minimum absolute atomic E-state index is 0.0616. The van der Waals surface area contributed by atoms with E-state index in [2.05, 4.69) is 10.6 Å². The highest BCUT2D eigenvalue weighted by Crippen LogP contribution is 2.25. The van der Waals surface area contributed by atoms with Crippen LogP contribution in [0.4, 0.5) is 10.1 Å². The molecule has 0 bridgehead atoms. The summed E-state index contributed by atoms with van der Waals surface area (Å²) in [6.45, 7) is 0.0616. The van der Waals surface area contributed by atoms with E-state index in [1.807, 2.05) is 36.4 Å². The SMILES string of the molecule is COc1ccc(C(NCC(=O)Nc2ccccc2OC)c2ccc(F)cc2)cc1. The van der Waals surface area contributed by atoms with Crippen LogP contribution in [0.2, 0.25) is 0 Å². The van der Waals surface area contributed by atoms with Crippen LogP contribution in [0, 0.1) is 5.82 Å². The van der Waals surface area contributed by atoms with Crippen LogP contribution in [-0.2, 0) is 4.79 Å². The maximum atomic E-state index is 13.4. The molecule has 0 spiro atoms. The van der Waals surface area contributed by atoms with Gasteiger partial charge in [-0.2, -0.15) is 0 Å². The monoisotopic (exact) mass is 394 g/mol. The zero-order chi connectivity index (χ0) is 20.6. The van der Waals surface area contributed by atoms with Crippen LogP contribution in [0.5, 0.6) is 11.5 Å². The molecule has 1 unspecified atom stereocenters. The standard InChI is InChI=1S/C23H23FN2O3/c1-28-19-13-9-17(10-14-19)23(16-7-11-18(24)12-8-16)25-15-22(27)26-20-5-3-4-6-21(20)29-2/h3-14,23,25H,15H2,1-2H3,(H,26,27). The molecule has 0 radical (unpaired) electrons. The molecule has 150 valence electrons. The Hall–Kier alpha value is -3.38. The third kappa shape index (κ3) is 5.33. The van der Waals surface area contributed by atoms with Gasteiger partial charge in [0, 0.05) is 0 Å². The van der Waals surface area contributed by atoms with Crippen molar-refractivity contribution in [3.05, 3.63) is 89.7 Å². The first-order valence-electron chi connectivity index (χ1n) is 9.16. The smallest absolute Gasteiger partial charge is 0.238 e. The maximum absolute atomic E-state index is 13.4. The maximum Gasteiger partial charge on any atom is 0.238 e. The van der Waals surface area contributed by atoms with Gasteiger partial charge in [-0.15, -0.1) is 0 Å². The number of rotatable bonds is 8. The lowest BCUT2D eigenvalue weighted by molar-refractivity contribution is -0.115. The first kappa shape index (κ1) is 20.4. The molecule has 0 aliphatic heterocycles. The molecule has 29 heavy (non-hydrogen) atoms. The second kappa shape index (κ2) is 9.71. The Balaban J connectivity index is 1.75. The molecule has 1 amide bonds. The fourth-order valence-corrected chi connectivity index (χ4v) is 3.02. The fraction of sp³-hybridized carbons (Fsp3) is 0.174. The summed E-state index contributed by atoms with van der Waals surface area (Å²) in [4.78, 5) is 12.5. The van der Waals surface area contributed by atoms with Gasteiger partial charge >= 0.3 is 0 Å². The number of nitrogens with one attached hydrogen (secondary N) is 2. The summed E-state index contributed by atoms with van der Waals surface area (Å²) >= 11 is 0. The molecular weight excluding hydrogens is 371 g/mol. The van der Waals surface area contributed by atoms with E-state index in [0.29, 0.717) is 11.4 Å². The van der Waals surface area contributed by atoms with Crippen LogP contribution in [0.1, 0.15) is 17.2 Å². The zero-order valence-electron chi connectivity index (χ0n) is 16.3. The van der Waals surface area contributed by atoms with Crippen LogP contribution < -0.4 is 20.1 Å². The van der Waals surface area contributed by atoms with E-state index >= 15 is 0 Å². The summed E-state index contributed by atoms with van der Waals surface area (Å²) in [6, 6.07) is 20.7. The Bertz CT molecular complexity index is 943. The van der Waals surface area contributed by atoms with Crippen LogP contribution in [0.3, 0.4) is 0 Å². The number of para-hydroxylation sites is 2. The highest BCUT2D eigenvalue weighted by molar-refractivity contribution is 5.93. The summed E-state index contributed by atoms with van der Waals surface area (Å²) in [5.74, 6) is 0.804. The second-order valence-electron chi connectivity index (χ2n) is 6.39. The lowest BCUT2D eigenvalue weighted by atomic mass is 9.98. The molecule has 3 aromatic carbocycles. The largest absolute Gasteiger partial charge is 0.497 e. The van der Waals surface area contributed by atoms with Crippen molar-refractivity contribution >= 4 is 11.6 Å². The van der Waals surface area contributed by atoms with Gasteiger partial charge in [-0.3, -0.25) is 10.1 Å². The van der Waals surface area contributed by atoms with Crippen LogP contribution in [0.25, 0.3) is 0 Å². The topological polar surface area (TPSA) is 59.6 Å². The van der Waals surface area contributed by atoms with E-state index in [9.17, 15) is 9.18 Å². The number of amides is 1. The third-order valence-corrected chi connectivity index (χ3v) is 4.50. The Kier molecular flexibility index (Phi) is 6.81. The summed E-state index contributed by atoms with van der Waals surface area (Å²) in [5, 5.41) is 6.09. The highest BCUT2D eigenvalue weighted by Gasteiger charge is 2.16. The summed E-state index contributed by atoms with van der Waals surface area (Å²) in [7, 11) is 3.16.